The fourth-order valence-electron chi connectivity index (χ4n) is 3.43. The number of hydrogen-bond donors (Lipinski definition) is 1. The third kappa shape index (κ3) is 4.11. The summed E-state index contributed by atoms with van der Waals surface area (Å²) in [5, 5.41) is 6.64. The third-order valence-corrected chi connectivity index (χ3v) is 5.32. The number of nitrogens with zero attached hydrogens (tertiary/aromatic N) is 4. The molecule has 1 fully saturated rings. The minimum Gasteiger partial charge on any atom is -0.338 e. The molecule has 1 N–H and O–H groups in total. The van der Waals surface area contributed by atoms with Crippen LogP contribution in [0.4, 0.5) is 15.1 Å². The average molecular weight is 395 g/mol. The zero-order valence-electron chi connectivity index (χ0n) is 16.4. The van der Waals surface area contributed by atoms with E-state index in [0.29, 0.717) is 24.7 Å². The molecule has 3 heterocycles. The monoisotopic (exact) mass is 395 g/mol. The molecule has 3 aromatic rings. The number of amides is 2. The Morgan fingerprint density at radius 2 is 2.03 bits per heavy atom. The van der Waals surface area contributed by atoms with Crippen LogP contribution in [0.1, 0.15) is 35.8 Å². The number of likely N-dealkylation sites (tertiary alicyclic amines) is 1. The van der Waals surface area contributed by atoms with Crippen molar-refractivity contribution in [3.8, 4) is 11.3 Å². The van der Waals surface area contributed by atoms with Gasteiger partial charge in [-0.3, -0.25) is 5.32 Å². The maximum absolute atomic E-state index is 13.5. The Morgan fingerprint density at radius 1 is 1.24 bits per heavy atom. The Balaban J connectivity index is 1.40. The molecule has 1 saturated heterocycles. The summed E-state index contributed by atoms with van der Waals surface area (Å²) in [7, 11) is 0. The lowest BCUT2D eigenvalue weighted by molar-refractivity contribution is 0.192. The van der Waals surface area contributed by atoms with Crippen molar-refractivity contribution in [2.24, 2.45) is 0 Å². The summed E-state index contributed by atoms with van der Waals surface area (Å²) in [5.74, 6) is 0.982. The maximum Gasteiger partial charge on any atom is 0.324 e. The van der Waals surface area contributed by atoms with Gasteiger partial charge in [-0.15, -0.1) is 0 Å². The van der Waals surface area contributed by atoms with Crippen LogP contribution in [0.5, 0.6) is 0 Å². The predicted octanol–water partition coefficient (Wildman–Crippen LogP) is 4.30. The Hall–Kier alpha value is -3.29. The van der Waals surface area contributed by atoms with E-state index in [1.54, 1.807) is 23.2 Å². The highest BCUT2D eigenvalue weighted by Crippen LogP contribution is 2.28. The van der Waals surface area contributed by atoms with E-state index in [9.17, 15) is 9.18 Å². The summed E-state index contributed by atoms with van der Waals surface area (Å²) < 4.78 is 18.7. The van der Waals surface area contributed by atoms with Gasteiger partial charge in [0.05, 0.1) is 11.4 Å². The number of urea groups is 1. The summed E-state index contributed by atoms with van der Waals surface area (Å²) in [4.78, 5) is 23.3. The number of nitrogens with one attached hydrogen (secondary N) is 1. The number of benzene rings is 1. The van der Waals surface area contributed by atoms with Crippen LogP contribution in [0.3, 0.4) is 0 Å². The zero-order chi connectivity index (χ0) is 20.4. The molecule has 0 bridgehead atoms. The number of carbonyl (C=O) groups excluding carboxylic acids is 1. The normalized spacial score (nSPS) is 14.8. The fourth-order valence-corrected chi connectivity index (χ4v) is 3.43. The third-order valence-electron chi connectivity index (χ3n) is 5.32. The van der Waals surface area contributed by atoms with Crippen LogP contribution in [0.25, 0.3) is 11.3 Å². The van der Waals surface area contributed by atoms with Crippen LogP contribution >= 0.6 is 0 Å². The van der Waals surface area contributed by atoms with E-state index >= 15 is 0 Å². The number of hydrogen-bond acceptors (Lipinski definition) is 5. The van der Waals surface area contributed by atoms with Crippen LogP contribution in [0, 0.1) is 19.7 Å². The first kappa shape index (κ1) is 19.0. The molecule has 150 valence electrons. The molecule has 7 nitrogen and oxygen atoms in total. The number of aromatic nitrogens is 3. The summed E-state index contributed by atoms with van der Waals surface area (Å²) in [6.45, 7) is 4.88. The molecule has 1 aliphatic heterocycles. The molecule has 2 amide bonds. The minimum atomic E-state index is -0.292. The van der Waals surface area contributed by atoms with Gasteiger partial charge < -0.3 is 9.42 Å². The van der Waals surface area contributed by atoms with Crippen molar-refractivity contribution in [1.82, 2.24) is 20.0 Å². The van der Waals surface area contributed by atoms with Crippen molar-refractivity contribution >= 4 is 11.9 Å². The summed E-state index contributed by atoms with van der Waals surface area (Å²) in [6.07, 6.45) is 3.22. The average Bonchev–Trinajstić information content (AvgIpc) is 3.06. The second-order valence-electron chi connectivity index (χ2n) is 7.22. The number of piperidine rings is 1. The molecule has 4 rings (SSSR count). The van der Waals surface area contributed by atoms with E-state index in [-0.39, 0.29) is 17.8 Å². The van der Waals surface area contributed by atoms with Crippen LogP contribution in [-0.4, -0.2) is 39.1 Å². The zero-order valence-corrected chi connectivity index (χ0v) is 16.4. The molecule has 1 aromatic carbocycles. The first-order valence-corrected chi connectivity index (χ1v) is 9.59. The van der Waals surface area contributed by atoms with Gasteiger partial charge in [0.15, 0.2) is 0 Å². The number of halogens is 1. The van der Waals surface area contributed by atoms with Crippen molar-refractivity contribution in [2.45, 2.75) is 32.6 Å². The molecule has 0 saturated carbocycles. The van der Waals surface area contributed by atoms with Crippen molar-refractivity contribution in [1.29, 1.82) is 0 Å². The predicted molar refractivity (Wildman–Crippen MR) is 106 cm³/mol. The van der Waals surface area contributed by atoms with E-state index in [0.717, 1.165) is 35.5 Å². The molecule has 0 spiro atoms. The topological polar surface area (TPSA) is 84.2 Å². The molecule has 0 atom stereocenters. The largest absolute Gasteiger partial charge is 0.338 e. The van der Waals surface area contributed by atoms with Gasteiger partial charge in [-0.1, -0.05) is 17.3 Å². The highest BCUT2D eigenvalue weighted by Gasteiger charge is 2.26. The molecule has 0 unspecified atom stereocenters. The summed E-state index contributed by atoms with van der Waals surface area (Å²) in [5.41, 5.74) is 3.01. The molecule has 8 heteroatoms. The standard InChI is InChI=1S/C21H22FN5O2/c1-13-14(2)26-29-20(13)25-21(28)27-10-7-15(8-11-27)19-23-9-6-18(24-19)16-4-3-5-17(22)12-16/h3-6,9,12,15H,7-8,10-11H2,1-2H3,(H,25,28). The highest BCUT2D eigenvalue weighted by atomic mass is 19.1. The van der Waals surface area contributed by atoms with E-state index in [1.807, 2.05) is 19.9 Å². The number of carbonyl (C=O) groups is 1. The fraction of sp³-hybridized carbons (Fsp3) is 0.333. The highest BCUT2D eigenvalue weighted by molar-refractivity contribution is 5.88. The van der Waals surface area contributed by atoms with E-state index in [1.165, 1.54) is 12.1 Å². The second-order valence-corrected chi connectivity index (χ2v) is 7.22. The molecule has 0 aliphatic carbocycles. The van der Waals surface area contributed by atoms with Crippen LogP contribution in [0.15, 0.2) is 41.1 Å². The minimum absolute atomic E-state index is 0.154. The van der Waals surface area contributed by atoms with Gasteiger partial charge in [0.1, 0.15) is 11.6 Å². The van der Waals surface area contributed by atoms with Crippen LogP contribution < -0.4 is 5.32 Å². The Bertz CT molecular complexity index is 1030. The van der Waals surface area contributed by atoms with Crippen molar-refractivity contribution < 1.29 is 13.7 Å². The van der Waals surface area contributed by atoms with E-state index < -0.39 is 0 Å². The van der Waals surface area contributed by atoms with Gasteiger partial charge >= 0.3 is 6.03 Å². The molecule has 0 radical (unpaired) electrons. The smallest absolute Gasteiger partial charge is 0.324 e. The Kier molecular flexibility index (Phi) is 5.24. The molecule has 29 heavy (non-hydrogen) atoms. The van der Waals surface area contributed by atoms with Gasteiger partial charge in [-0.25, -0.2) is 19.2 Å². The van der Waals surface area contributed by atoms with Gasteiger partial charge in [0.2, 0.25) is 5.88 Å². The number of aryl methyl sites for hydroxylation is 1. The Labute approximate surface area is 168 Å². The maximum atomic E-state index is 13.5. The number of rotatable bonds is 3. The van der Waals surface area contributed by atoms with Crippen molar-refractivity contribution in [3.05, 3.63) is 59.4 Å². The van der Waals surface area contributed by atoms with Crippen LogP contribution in [-0.2, 0) is 0 Å². The van der Waals surface area contributed by atoms with E-state index in [2.05, 4.69) is 20.4 Å². The number of anilines is 1. The molecular formula is C21H22FN5O2. The van der Waals surface area contributed by atoms with Gasteiger partial charge in [0.25, 0.3) is 0 Å². The quantitative estimate of drug-likeness (QED) is 0.715. The first-order chi connectivity index (χ1) is 14.0. The van der Waals surface area contributed by atoms with Gasteiger partial charge in [0, 0.05) is 36.3 Å². The van der Waals surface area contributed by atoms with Crippen molar-refractivity contribution in [2.75, 3.05) is 18.4 Å². The molecular weight excluding hydrogens is 373 g/mol. The van der Waals surface area contributed by atoms with Crippen molar-refractivity contribution in [3.63, 3.8) is 0 Å². The van der Waals surface area contributed by atoms with Gasteiger partial charge in [-0.2, -0.15) is 0 Å². The summed E-state index contributed by atoms with van der Waals surface area (Å²) >= 11 is 0. The lowest BCUT2D eigenvalue weighted by Gasteiger charge is -2.31. The summed E-state index contributed by atoms with van der Waals surface area (Å²) in [6, 6.07) is 7.96. The SMILES string of the molecule is Cc1noc(NC(=O)N2CCC(c3nccc(-c4cccc(F)c4)n3)CC2)c1C. The van der Waals surface area contributed by atoms with E-state index in [4.69, 9.17) is 4.52 Å². The molecule has 2 aromatic heterocycles. The van der Waals surface area contributed by atoms with Crippen LogP contribution in [0.2, 0.25) is 0 Å². The van der Waals surface area contributed by atoms with Gasteiger partial charge in [-0.05, 0) is 44.9 Å². The Morgan fingerprint density at radius 3 is 2.72 bits per heavy atom. The lowest BCUT2D eigenvalue weighted by atomic mass is 9.96. The second kappa shape index (κ2) is 7.98. The first-order valence-electron chi connectivity index (χ1n) is 9.59. The molecule has 1 aliphatic rings. The lowest BCUT2D eigenvalue weighted by Crippen LogP contribution is -2.40.